The van der Waals surface area contributed by atoms with Gasteiger partial charge in [0.2, 0.25) is 0 Å². The number of imide groups is 2. The van der Waals surface area contributed by atoms with Gasteiger partial charge in [-0.05, 0) is 0 Å². The molecule has 0 aromatic carbocycles. The summed E-state index contributed by atoms with van der Waals surface area (Å²) in [6, 6.07) is 0. The summed E-state index contributed by atoms with van der Waals surface area (Å²) in [5, 5.41) is 0. The van der Waals surface area contributed by atoms with Crippen LogP contribution in [-0.2, 0) is 28.7 Å². The van der Waals surface area contributed by atoms with Gasteiger partial charge in [-0.1, -0.05) is 0 Å². The van der Waals surface area contributed by atoms with Gasteiger partial charge in [-0.2, -0.15) is 0 Å². The standard InChI is InChI=1S/C12H8N2O7/c15-8-1-2-9(16)13(8)5-6-20-12(19)21-7-14-10(17)3-4-11(14)18/h1-6H,7H2/b6-5-. The van der Waals surface area contributed by atoms with E-state index in [1.54, 1.807) is 0 Å². The van der Waals surface area contributed by atoms with Crippen molar-refractivity contribution in [2.45, 2.75) is 0 Å². The highest BCUT2D eigenvalue weighted by Gasteiger charge is 2.25. The minimum atomic E-state index is -1.20. The van der Waals surface area contributed by atoms with E-state index in [-0.39, 0.29) is 0 Å². The molecule has 0 aromatic heterocycles. The lowest BCUT2D eigenvalue weighted by molar-refractivity contribution is -0.141. The van der Waals surface area contributed by atoms with Gasteiger partial charge in [0.15, 0.2) is 6.73 Å². The van der Waals surface area contributed by atoms with Gasteiger partial charge in [-0.15, -0.1) is 0 Å². The highest BCUT2D eigenvalue weighted by molar-refractivity contribution is 6.13. The Kier molecular flexibility index (Phi) is 3.93. The zero-order valence-corrected chi connectivity index (χ0v) is 10.4. The Hall–Kier alpha value is -3.23. The molecule has 2 aliphatic heterocycles. The molecule has 0 bridgehead atoms. The van der Waals surface area contributed by atoms with Crippen LogP contribution in [-0.4, -0.2) is 46.3 Å². The minimum absolute atomic E-state index is 0.576. The molecule has 0 fully saturated rings. The van der Waals surface area contributed by atoms with Crippen molar-refractivity contribution >= 4 is 29.8 Å². The van der Waals surface area contributed by atoms with E-state index in [1.165, 1.54) is 0 Å². The second-order valence-corrected chi connectivity index (χ2v) is 3.74. The molecule has 0 saturated carbocycles. The van der Waals surface area contributed by atoms with Crippen molar-refractivity contribution in [1.29, 1.82) is 0 Å². The van der Waals surface area contributed by atoms with E-state index in [0.717, 1.165) is 36.8 Å². The quantitative estimate of drug-likeness (QED) is 0.387. The van der Waals surface area contributed by atoms with E-state index in [1.807, 2.05) is 0 Å². The lowest BCUT2D eigenvalue weighted by Crippen LogP contribution is -2.33. The number of rotatable bonds is 4. The topological polar surface area (TPSA) is 110 Å². The SMILES string of the molecule is O=C(O/C=C\N1C(=O)C=CC1=O)OCN1C(=O)C=CC1=O. The molecule has 0 aliphatic carbocycles. The Bertz CT molecular complexity index is 581. The number of amides is 4. The first kappa shape index (κ1) is 14.2. The Morgan fingerprint density at radius 1 is 0.952 bits per heavy atom. The van der Waals surface area contributed by atoms with Crippen molar-refractivity contribution in [3.63, 3.8) is 0 Å². The van der Waals surface area contributed by atoms with Crippen molar-refractivity contribution in [1.82, 2.24) is 9.80 Å². The van der Waals surface area contributed by atoms with Gasteiger partial charge in [0.1, 0.15) is 6.26 Å². The van der Waals surface area contributed by atoms with Gasteiger partial charge in [0.05, 0.1) is 6.20 Å². The molecule has 4 amide bonds. The molecule has 0 aromatic rings. The van der Waals surface area contributed by atoms with Crippen LogP contribution < -0.4 is 0 Å². The molecule has 108 valence electrons. The first-order chi connectivity index (χ1) is 9.99. The van der Waals surface area contributed by atoms with Crippen molar-refractivity contribution in [3.05, 3.63) is 36.8 Å². The smallest absolute Gasteiger partial charge is 0.412 e. The molecular formula is C12H8N2O7. The van der Waals surface area contributed by atoms with Crippen molar-refractivity contribution < 1.29 is 33.4 Å². The second kappa shape index (κ2) is 5.82. The van der Waals surface area contributed by atoms with Crippen LogP contribution in [0.25, 0.3) is 0 Å². The van der Waals surface area contributed by atoms with Crippen molar-refractivity contribution in [2.75, 3.05) is 6.73 Å². The van der Waals surface area contributed by atoms with Crippen LogP contribution in [0.5, 0.6) is 0 Å². The van der Waals surface area contributed by atoms with Gasteiger partial charge in [-0.25, -0.2) is 14.6 Å². The van der Waals surface area contributed by atoms with Gasteiger partial charge in [0.25, 0.3) is 23.6 Å². The molecule has 0 N–H and O–H groups in total. The molecule has 0 unspecified atom stereocenters. The second-order valence-electron chi connectivity index (χ2n) is 3.74. The van der Waals surface area contributed by atoms with Crippen molar-refractivity contribution in [2.24, 2.45) is 0 Å². The summed E-state index contributed by atoms with van der Waals surface area (Å²) in [5.41, 5.74) is 0. The molecule has 9 nitrogen and oxygen atoms in total. The lowest BCUT2D eigenvalue weighted by Gasteiger charge is -2.12. The van der Waals surface area contributed by atoms with Crippen LogP contribution in [0.1, 0.15) is 0 Å². The predicted octanol–water partition coefficient (Wildman–Crippen LogP) is -0.582. The maximum Gasteiger partial charge on any atom is 0.515 e. The summed E-state index contributed by atoms with van der Waals surface area (Å²) in [6.45, 7) is -0.597. The molecule has 0 atom stereocenters. The third-order valence-electron chi connectivity index (χ3n) is 2.43. The van der Waals surface area contributed by atoms with Gasteiger partial charge in [0, 0.05) is 24.3 Å². The van der Waals surface area contributed by atoms with Crippen LogP contribution in [0, 0.1) is 0 Å². The third-order valence-corrected chi connectivity index (χ3v) is 2.43. The average molecular weight is 292 g/mol. The zero-order chi connectivity index (χ0) is 15.4. The Morgan fingerprint density at radius 2 is 1.48 bits per heavy atom. The highest BCUT2D eigenvalue weighted by Crippen LogP contribution is 2.05. The van der Waals surface area contributed by atoms with Crippen LogP contribution in [0.15, 0.2) is 36.8 Å². The summed E-state index contributed by atoms with van der Waals surface area (Å²) >= 11 is 0. The molecule has 0 saturated heterocycles. The summed E-state index contributed by atoms with van der Waals surface area (Å²) in [4.78, 5) is 57.1. The van der Waals surface area contributed by atoms with Crippen molar-refractivity contribution in [3.8, 4) is 0 Å². The molecule has 0 radical (unpaired) electrons. The molecular weight excluding hydrogens is 284 g/mol. The number of hydrogen-bond donors (Lipinski definition) is 0. The summed E-state index contributed by atoms with van der Waals surface area (Å²) in [5.74, 6) is -2.37. The van der Waals surface area contributed by atoms with E-state index in [9.17, 15) is 24.0 Å². The fourth-order valence-electron chi connectivity index (χ4n) is 1.42. The Labute approximate surface area is 117 Å². The van der Waals surface area contributed by atoms with Crippen LogP contribution in [0.2, 0.25) is 0 Å². The first-order valence-corrected chi connectivity index (χ1v) is 5.58. The predicted molar refractivity (Wildman–Crippen MR) is 63.6 cm³/mol. The molecule has 21 heavy (non-hydrogen) atoms. The zero-order valence-electron chi connectivity index (χ0n) is 10.4. The van der Waals surface area contributed by atoms with Gasteiger partial charge >= 0.3 is 6.16 Å². The monoisotopic (exact) mass is 292 g/mol. The number of nitrogens with zero attached hydrogens (tertiary/aromatic N) is 2. The molecule has 2 heterocycles. The number of carbonyl (C=O) groups is 5. The fraction of sp³-hybridized carbons (Fsp3) is 0.0833. The largest absolute Gasteiger partial charge is 0.515 e. The third kappa shape index (κ3) is 3.21. The maximum absolute atomic E-state index is 11.2. The van der Waals surface area contributed by atoms with Crippen LogP contribution >= 0.6 is 0 Å². The first-order valence-electron chi connectivity index (χ1n) is 5.58. The Balaban J connectivity index is 1.75. The minimum Gasteiger partial charge on any atom is -0.412 e. The van der Waals surface area contributed by atoms with Gasteiger partial charge in [-0.3, -0.25) is 19.2 Å². The molecule has 2 rings (SSSR count). The van der Waals surface area contributed by atoms with E-state index < -0.39 is 36.5 Å². The molecule has 2 aliphatic rings. The van der Waals surface area contributed by atoms with E-state index in [4.69, 9.17) is 0 Å². The summed E-state index contributed by atoms with van der Waals surface area (Å²) in [6.07, 6.45) is 4.70. The highest BCUT2D eigenvalue weighted by atomic mass is 16.7. The average Bonchev–Trinajstić information content (AvgIpc) is 2.93. The van der Waals surface area contributed by atoms with Crippen LogP contribution in [0.4, 0.5) is 4.79 Å². The fourth-order valence-corrected chi connectivity index (χ4v) is 1.42. The molecule has 0 spiro atoms. The maximum atomic E-state index is 11.2. The summed E-state index contributed by atoms with van der Waals surface area (Å²) < 4.78 is 8.96. The Morgan fingerprint density at radius 3 is 2.05 bits per heavy atom. The van der Waals surface area contributed by atoms with E-state index >= 15 is 0 Å². The number of hydrogen-bond acceptors (Lipinski definition) is 7. The number of carbonyl (C=O) groups excluding carboxylic acids is 5. The normalized spacial score (nSPS) is 17.5. The molecule has 9 heteroatoms. The number of ether oxygens (including phenoxy) is 2. The van der Waals surface area contributed by atoms with Crippen LogP contribution in [0.3, 0.4) is 0 Å². The van der Waals surface area contributed by atoms with Gasteiger partial charge < -0.3 is 9.47 Å². The summed E-state index contributed by atoms with van der Waals surface area (Å²) in [7, 11) is 0. The van der Waals surface area contributed by atoms with E-state index in [0.29, 0.717) is 9.80 Å². The van der Waals surface area contributed by atoms with E-state index in [2.05, 4.69) is 9.47 Å². The lowest BCUT2D eigenvalue weighted by atomic mass is 10.6.